The minimum atomic E-state index is -4.44. The first-order valence-electron chi connectivity index (χ1n) is 7.24. The summed E-state index contributed by atoms with van der Waals surface area (Å²) in [6.45, 7) is 0. The molecule has 0 atom stereocenters. The summed E-state index contributed by atoms with van der Waals surface area (Å²) in [4.78, 5) is 0. The molecule has 0 aliphatic heterocycles. The lowest BCUT2D eigenvalue weighted by atomic mass is 10.0. The van der Waals surface area contributed by atoms with Gasteiger partial charge in [0.15, 0.2) is 0 Å². The Kier molecular flexibility index (Phi) is 4.16. The molecule has 5 heteroatoms. The minimum absolute atomic E-state index is 0.0623. The van der Waals surface area contributed by atoms with E-state index in [0.717, 1.165) is 23.3 Å². The number of benzene rings is 3. The molecule has 0 unspecified atom stereocenters. The van der Waals surface area contributed by atoms with Crippen molar-refractivity contribution in [2.45, 2.75) is 6.18 Å². The molecule has 122 valence electrons. The number of nitrogen functional groups attached to an aromatic ring is 1. The van der Waals surface area contributed by atoms with E-state index in [9.17, 15) is 13.2 Å². The lowest BCUT2D eigenvalue weighted by Gasteiger charge is -2.14. The standard InChI is InChI=1S/C19H14F3NO/c20-19(21,22)14-10-11-18(16(23)12-14)24-17-9-5-4-8-15(17)13-6-2-1-3-7-13/h1-12H,23H2. The van der Waals surface area contributed by atoms with Crippen LogP contribution < -0.4 is 10.5 Å². The third-order valence-corrected chi connectivity index (χ3v) is 3.53. The van der Waals surface area contributed by atoms with Crippen LogP contribution in [0.15, 0.2) is 72.8 Å². The van der Waals surface area contributed by atoms with Crippen molar-refractivity contribution in [3.05, 3.63) is 78.4 Å². The Labute approximate surface area is 137 Å². The Hall–Kier alpha value is -2.95. The van der Waals surface area contributed by atoms with Crippen LogP contribution in [0.3, 0.4) is 0 Å². The van der Waals surface area contributed by atoms with Crippen molar-refractivity contribution < 1.29 is 17.9 Å². The molecule has 0 saturated heterocycles. The SMILES string of the molecule is Nc1cc(C(F)(F)F)ccc1Oc1ccccc1-c1ccccc1. The minimum Gasteiger partial charge on any atom is -0.455 e. The number of halogens is 3. The highest BCUT2D eigenvalue weighted by Gasteiger charge is 2.31. The van der Waals surface area contributed by atoms with E-state index in [1.54, 1.807) is 12.1 Å². The van der Waals surface area contributed by atoms with E-state index in [2.05, 4.69) is 0 Å². The molecule has 0 fully saturated rings. The Morgan fingerprint density at radius 2 is 1.42 bits per heavy atom. The van der Waals surface area contributed by atoms with Gasteiger partial charge in [0, 0.05) is 5.56 Å². The lowest BCUT2D eigenvalue weighted by Crippen LogP contribution is -2.06. The molecule has 3 rings (SSSR count). The average molecular weight is 329 g/mol. The molecule has 0 aromatic heterocycles. The zero-order chi connectivity index (χ0) is 17.2. The second-order valence-electron chi connectivity index (χ2n) is 5.21. The molecule has 24 heavy (non-hydrogen) atoms. The van der Waals surface area contributed by atoms with Crippen LogP contribution >= 0.6 is 0 Å². The molecular formula is C19H14F3NO. The maximum Gasteiger partial charge on any atom is 0.416 e. The number of hydrogen-bond donors (Lipinski definition) is 1. The summed E-state index contributed by atoms with van der Waals surface area (Å²) in [5, 5.41) is 0. The summed E-state index contributed by atoms with van der Waals surface area (Å²) < 4.78 is 43.9. The molecule has 0 spiro atoms. The highest BCUT2D eigenvalue weighted by Crippen LogP contribution is 2.38. The van der Waals surface area contributed by atoms with Crippen molar-refractivity contribution in [3.63, 3.8) is 0 Å². The van der Waals surface area contributed by atoms with Crippen molar-refractivity contribution in [2.24, 2.45) is 0 Å². The van der Waals surface area contributed by atoms with E-state index in [-0.39, 0.29) is 11.4 Å². The summed E-state index contributed by atoms with van der Waals surface area (Å²) in [5.41, 5.74) is 6.64. The summed E-state index contributed by atoms with van der Waals surface area (Å²) in [6.07, 6.45) is -4.44. The van der Waals surface area contributed by atoms with Gasteiger partial charge in [0.05, 0.1) is 11.3 Å². The third kappa shape index (κ3) is 3.35. The van der Waals surface area contributed by atoms with E-state index < -0.39 is 11.7 Å². The van der Waals surface area contributed by atoms with Gasteiger partial charge in [0.25, 0.3) is 0 Å². The monoisotopic (exact) mass is 329 g/mol. The van der Waals surface area contributed by atoms with E-state index in [4.69, 9.17) is 10.5 Å². The zero-order valence-electron chi connectivity index (χ0n) is 12.5. The van der Waals surface area contributed by atoms with Crippen LogP contribution in [0.2, 0.25) is 0 Å². The number of anilines is 1. The number of hydrogen-bond acceptors (Lipinski definition) is 2. The van der Waals surface area contributed by atoms with Gasteiger partial charge in [-0.25, -0.2) is 0 Å². The number of ether oxygens (including phenoxy) is 1. The summed E-state index contributed by atoms with van der Waals surface area (Å²) in [6, 6.07) is 19.9. The topological polar surface area (TPSA) is 35.2 Å². The van der Waals surface area contributed by atoms with Crippen LogP contribution in [0.4, 0.5) is 18.9 Å². The Balaban J connectivity index is 1.96. The van der Waals surface area contributed by atoms with Gasteiger partial charge in [-0.2, -0.15) is 13.2 Å². The van der Waals surface area contributed by atoms with Gasteiger partial charge in [-0.3, -0.25) is 0 Å². The molecule has 0 aliphatic carbocycles. The highest BCUT2D eigenvalue weighted by molar-refractivity contribution is 5.71. The molecule has 0 bridgehead atoms. The molecular weight excluding hydrogens is 315 g/mol. The summed E-state index contributed by atoms with van der Waals surface area (Å²) in [7, 11) is 0. The average Bonchev–Trinajstić information content (AvgIpc) is 2.57. The van der Waals surface area contributed by atoms with E-state index in [1.807, 2.05) is 42.5 Å². The normalized spacial score (nSPS) is 11.3. The fraction of sp³-hybridized carbons (Fsp3) is 0.0526. The first-order chi connectivity index (χ1) is 11.4. The van der Waals surface area contributed by atoms with Gasteiger partial charge < -0.3 is 10.5 Å². The molecule has 0 saturated carbocycles. The van der Waals surface area contributed by atoms with E-state index in [0.29, 0.717) is 5.75 Å². The molecule has 0 radical (unpaired) electrons. The van der Waals surface area contributed by atoms with Gasteiger partial charge in [-0.05, 0) is 29.8 Å². The highest BCUT2D eigenvalue weighted by atomic mass is 19.4. The fourth-order valence-corrected chi connectivity index (χ4v) is 2.35. The second-order valence-corrected chi connectivity index (χ2v) is 5.21. The maximum absolute atomic E-state index is 12.7. The largest absolute Gasteiger partial charge is 0.455 e. The molecule has 0 amide bonds. The Morgan fingerprint density at radius 1 is 0.750 bits per heavy atom. The predicted octanol–water partition coefficient (Wildman–Crippen LogP) is 5.75. The van der Waals surface area contributed by atoms with Crippen molar-refractivity contribution in [1.82, 2.24) is 0 Å². The van der Waals surface area contributed by atoms with Crippen LogP contribution in [0.5, 0.6) is 11.5 Å². The van der Waals surface area contributed by atoms with Crippen LogP contribution in [0, 0.1) is 0 Å². The number of rotatable bonds is 3. The predicted molar refractivity (Wildman–Crippen MR) is 87.8 cm³/mol. The first-order valence-corrected chi connectivity index (χ1v) is 7.24. The molecule has 0 aliphatic rings. The number of para-hydroxylation sites is 1. The lowest BCUT2D eigenvalue weighted by molar-refractivity contribution is -0.137. The fourth-order valence-electron chi connectivity index (χ4n) is 2.35. The molecule has 2 nitrogen and oxygen atoms in total. The second kappa shape index (κ2) is 6.28. The molecule has 3 aromatic rings. The number of nitrogens with two attached hydrogens (primary N) is 1. The van der Waals surface area contributed by atoms with Crippen LogP contribution in [0.1, 0.15) is 5.56 Å². The smallest absolute Gasteiger partial charge is 0.416 e. The summed E-state index contributed by atoms with van der Waals surface area (Å²) >= 11 is 0. The van der Waals surface area contributed by atoms with Crippen molar-refractivity contribution in [2.75, 3.05) is 5.73 Å². The molecule has 3 aromatic carbocycles. The van der Waals surface area contributed by atoms with Gasteiger partial charge >= 0.3 is 6.18 Å². The first kappa shape index (κ1) is 15.9. The van der Waals surface area contributed by atoms with Crippen molar-refractivity contribution in [3.8, 4) is 22.6 Å². The number of alkyl halides is 3. The van der Waals surface area contributed by atoms with Gasteiger partial charge in [0.1, 0.15) is 11.5 Å². The third-order valence-electron chi connectivity index (χ3n) is 3.53. The maximum atomic E-state index is 12.7. The quantitative estimate of drug-likeness (QED) is 0.621. The van der Waals surface area contributed by atoms with E-state index >= 15 is 0 Å². The molecule has 0 heterocycles. The zero-order valence-corrected chi connectivity index (χ0v) is 12.5. The van der Waals surface area contributed by atoms with Crippen LogP contribution in [-0.2, 0) is 6.18 Å². The Bertz CT molecular complexity index is 845. The van der Waals surface area contributed by atoms with Crippen molar-refractivity contribution >= 4 is 5.69 Å². The van der Waals surface area contributed by atoms with E-state index in [1.165, 1.54) is 6.07 Å². The Morgan fingerprint density at radius 3 is 2.08 bits per heavy atom. The molecule has 2 N–H and O–H groups in total. The van der Waals surface area contributed by atoms with Gasteiger partial charge in [-0.15, -0.1) is 0 Å². The van der Waals surface area contributed by atoms with Crippen molar-refractivity contribution in [1.29, 1.82) is 0 Å². The van der Waals surface area contributed by atoms with Gasteiger partial charge in [-0.1, -0.05) is 48.5 Å². The summed E-state index contributed by atoms with van der Waals surface area (Å²) in [5.74, 6) is 0.710. The van der Waals surface area contributed by atoms with Crippen LogP contribution in [0.25, 0.3) is 11.1 Å². The van der Waals surface area contributed by atoms with Crippen LogP contribution in [-0.4, -0.2) is 0 Å². The van der Waals surface area contributed by atoms with Gasteiger partial charge in [0.2, 0.25) is 0 Å².